The number of benzene rings is 1. The van der Waals surface area contributed by atoms with Crippen molar-refractivity contribution in [2.75, 3.05) is 6.61 Å². The van der Waals surface area contributed by atoms with Gasteiger partial charge in [-0.3, -0.25) is 0 Å². The molecule has 0 unspecified atom stereocenters. The average molecular weight is 264 g/mol. The molecule has 0 atom stereocenters. The molecular formula is C13H12O6. The van der Waals surface area contributed by atoms with Gasteiger partial charge in [0.1, 0.15) is 0 Å². The summed E-state index contributed by atoms with van der Waals surface area (Å²) in [6.07, 6.45) is 1.32. The number of carboxylic acid groups (broad SMARTS) is 2. The number of aromatic carboxylic acids is 2. The van der Waals surface area contributed by atoms with Crippen molar-refractivity contribution in [3.05, 3.63) is 47.5 Å². The van der Waals surface area contributed by atoms with E-state index in [1.165, 1.54) is 18.2 Å². The van der Waals surface area contributed by atoms with Crippen molar-refractivity contribution in [3.63, 3.8) is 0 Å². The van der Waals surface area contributed by atoms with Gasteiger partial charge in [-0.25, -0.2) is 14.4 Å². The fraction of sp³-hybridized carbons (Fsp3) is 0.154. The Hall–Kier alpha value is -2.63. The highest BCUT2D eigenvalue weighted by Crippen LogP contribution is 2.13. The number of carboxylic acids is 2. The highest BCUT2D eigenvalue weighted by atomic mass is 16.5. The number of carbonyl (C=O) groups is 3. The summed E-state index contributed by atoms with van der Waals surface area (Å²) in [5.41, 5.74) is -0.00125. The Morgan fingerprint density at radius 2 is 1.79 bits per heavy atom. The van der Waals surface area contributed by atoms with Crippen LogP contribution in [0.2, 0.25) is 0 Å². The Morgan fingerprint density at radius 1 is 1.16 bits per heavy atom. The van der Waals surface area contributed by atoms with Crippen molar-refractivity contribution in [2.24, 2.45) is 0 Å². The average Bonchev–Trinajstić information content (AvgIpc) is 2.38. The summed E-state index contributed by atoms with van der Waals surface area (Å²) in [6, 6.07) is 3.96. The van der Waals surface area contributed by atoms with Gasteiger partial charge in [-0.1, -0.05) is 12.6 Å². The molecular weight excluding hydrogens is 252 g/mol. The van der Waals surface area contributed by atoms with Crippen LogP contribution in [0.5, 0.6) is 0 Å². The van der Waals surface area contributed by atoms with Gasteiger partial charge >= 0.3 is 17.9 Å². The van der Waals surface area contributed by atoms with Crippen molar-refractivity contribution in [2.45, 2.75) is 6.42 Å². The van der Waals surface area contributed by atoms with Crippen LogP contribution in [0.4, 0.5) is 0 Å². The Kier molecular flexibility index (Phi) is 4.82. The van der Waals surface area contributed by atoms with Crippen LogP contribution in [0.25, 0.3) is 0 Å². The molecule has 0 fully saturated rings. The zero-order valence-electron chi connectivity index (χ0n) is 9.96. The summed E-state index contributed by atoms with van der Waals surface area (Å²) >= 11 is 0. The molecule has 0 saturated carbocycles. The fourth-order valence-corrected chi connectivity index (χ4v) is 1.44. The van der Waals surface area contributed by atoms with Gasteiger partial charge in [0.05, 0.1) is 17.7 Å². The molecule has 6 nitrogen and oxygen atoms in total. The predicted octanol–water partition coefficient (Wildman–Crippen LogP) is 1.35. The van der Waals surface area contributed by atoms with E-state index in [-0.39, 0.29) is 17.7 Å². The summed E-state index contributed by atoms with van der Waals surface area (Å²) < 4.78 is 4.75. The zero-order chi connectivity index (χ0) is 14.4. The van der Waals surface area contributed by atoms with E-state index < -0.39 is 17.9 Å². The minimum atomic E-state index is -1.32. The number of ether oxygens (including phenoxy) is 1. The van der Waals surface area contributed by atoms with Crippen LogP contribution in [-0.4, -0.2) is 34.7 Å². The lowest BCUT2D eigenvalue weighted by atomic mass is 10.0. The molecule has 100 valence electrons. The first kappa shape index (κ1) is 14.4. The minimum absolute atomic E-state index is 0.0658. The van der Waals surface area contributed by atoms with Gasteiger partial charge in [0.15, 0.2) is 0 Å². The third-order valence-electron chi connectivity index (χ3n) is 2.35. The molecule has 1 aromatic rings. The number of rotatable bonds is 6. The molecule has 0 spiro atoms. The van der Waals surface area contributed by atoms with Gasteiger partial charge in [0.2, 0.25) is 0 Å². The monoisotopic (exact) mass is 264 g/mol. The summed E-state index contributed by atoms with van der Waals surface area (Å²) in [7, 11) is 0. The van der Waals surface area contributed by atoms with Crippen molar-refractivity contribution in [1.29, 1.82) is 0 Å². The first-order valence-corrected chi connectivity index (χ1v) is 5.34. The molecule has 0 saturated heterocycles. The maximum absolute atomic E-state index is 10.9. The molecule has 1 rings (SSSR count). The van der Waals surface area contributed by atoms with Crippen LogP contribution in [-0.2, 0) is 16.0 Å². The second kappa shape index (κ2) is 6.34. The van der Waals surface area contributed by atoms with Crippen molar-refractivity contribution in [1.82, 2.24) is 0 Å². The minimum Gasteiger partial charge on any atom is -0.478 e. The van der Waals surface area contributed by atoms with Gasteiger partial charge in [-0.2, -0.15) is 0 Å². The molecule has 0 aliphatic heterocycles. The van der Waals surface area contributed by atoms with E-state index in [0.717, 1.165) is 6.08 Å². The molecule has 2 N–H and O–H groups in total. The van der Waals surface area contributed by atoms with Crippen LogP contribution in [0.1, 0.15) is 26.3 Å². The van der Waals surface area contributed by atoms with Crippen LogP contribution < -0.4 is 0 Å². The third kappa shape index (κ3) is 3.95. The third-order valence-corrected chi connectivity index (χ3v) is 2.35. The molecule has 0 radical (unpaired) electrons. The molecule has 6 heteroatoms. The second-order valence-corrected chi connectivity index (χ2v) is 3.61. The SMILES string of the molecule is C=CC(=O)OCCc1ccc(C(=O)O)c(C(=O)O)c1. The first-order chi connectivity index (χ1) is 8.95. The Morgan fingerprint density at radius 3 is 2.32 bits per heavy atom. The zero-order valence-corrected chi connectivity index (χ0v) is 9.96. The molecule has 0 bridgehead atoms. The maximum Gasteiger partial charge on any atom is 0.336 e. The van der Waals surface area contributed by atoms with Gasteiger partial charge in [-0.15, -0.1) is 0 Å². The molecule has 0 aliphatic carbocycles. The van der Waals surface area contributed by atoms with Gasteiger partial charge < -0.3 is 14.9 Å². The quantitative estimate of drug-likeness (QED) is 0.594. The summed E-state index contributed by atoms with van der Waals surface area (Å²) in [5.74, 6) is -3.19. The standard InChI is InChI=1S/C13H12O6/c1-2-11(14)19-6-5-8-3-4-9(12(15)16)10(7-8)13(17)18/h2-4,7H,1,5-6H2,(H,15,16)(H,17,18). The molecule has 0 amide bonds. The molecule has 0 aromatic heterocycles. The van der Waals surface area contributed by atoms with Crippen LogP contribution in [0.3, 0.4) is 0 Å². The first-order valence-electron chi connectivity index (χ1n) is 5.34. The summed E-state index contributed by atoms with van der Waals surface area (Å²) in [4.78, 5) is 32.6. The van der Waals surface area contributed by atoms with Crippen molar-refractivity contribution < 1.29 is 29.3 Å². The highest BCUT2D eigenvalue weighted by Gasteiger charge is 2.16. The van der Waals surface area contributed by atoms with Crippen LogP contribution >= 0.6 is 0 Å². The molecule has 0 aliphatic rings. The number of esters is 1. The van der Waals surface area contributed by atoms with Crippen molar-refractivity contribution in [3.8, 4) is 0 Å². The van der Waals surface area contributed by atoms with E-state index in [9.17, 15) is 14.4 Å². The Balaban J connectivity index is 2.84. The second-order valence-electron chi connectivity index (χ2n) is 3.61. The number of carbonyl (C=O) groups excluding carboxylic acids is 1. The Labute approximate surface area is 108 Å². The predicted molar refractivity (Wildman–Crippen MR) is 65.2 cm³/mol. The van der Waals surface area contributed by atoms with E-state index in [2.05, 4.69) is 6.58 Å². The maximum atomic E-state index is 10.9. The van der Waals surface area contributed by atoms with E-state index in [0.29, 0.717) is 12.0 Å². The number of hydrogen-bond donors (Lipinski definition) is 2. The van der Waals surface area contributed by atoms with Gasteiger partial charge in [0.25, 0.3) is 0 Å². The lowest BCUT2D eigenvalue weighted by Gasteiger charge is -2.06. The molecule has 1 aromatic carbocycles. The Bertz CT molecular complexity index is 532. The lowest BCUT2D eigenvalue weighted by molar-refractivity contribution is -0.137. The highest BCUT2D eigenvalue weighted by molar-refractivity contribution is 6.01. The summed E-state index contributed by atoms with van der Waals surface area (Å²) in [5, 5.41) is 17.8. The lowest BCUT2D eigenvalue weighted by Crippen LogP contribution is -2.10. The van der Waals surface area contributed by atoms with E-state index in [1.807, 2.05) is 0 Å². The normalized spacial score (nSPS) is 9.68. The summed E-state index contributed by atoms with van der Waals surface area (Å²) in [6.45, 7) is 3.30. The smallest absolute Gasteiger partial charge is 0.336 e. The molecule has 0 heterocycles. The van der Waals surface area contributed by atoms with E-state index in [4.69, 9.17) is 14.9 Å². The largest absolute Gasteiger partial charge is 0.478 e. The fourth-order valence-electron chi connectivity index (χ4n) is 1.44. The van der Waals surface area contributed by atoms with E-state index in [1.54, 1.807) is 0 Å². The van der Waals surface area contributed by atoms with Crippen LogP contribution in [0, 0.1) is 0 Å². The van der Waals surface area contributed by atoms with Crippen molar-refractivity contribution >= 4 is 17.9 Å². The molecule has 19 heavy (non-hydrogen) atoms. The van der Waals surface area contributed by atoms with E-state index >= 15 is 0 Å². The topological polar surface area (TPSA) is 101 Å². The van der Waals surface area contributed by atoms with Crippen LogP contribution in [0.15, 0.2) is 30.9 Å². The number of hydrogen-bond acceptors (Lipinski definition) is 4. The van der Waals surface area contributed by atoms with Gasteiger partial charge in [0, 0.05) is 12.5 Å². The van der Waals surface area contributed by atoms with Gasteiger partial charge in [-0.05, 0) is 17.7 Å².